The third-order valence-electron chi connectivity index (χ3n) is 3.00. The van der Waals surface area contributed by atoms with Crippen LogP contribution in [0, 0.1) is 10.1 Å². The van der Waals surface area contributed by atoms with E-state index in [1.165, 1.54) is 12.1 Å². The van der Waals surface area contributed by atoms with Crippen molar-refractivity contribution < 1.29 is 14.5 Å². The molecule has 0 unspecified atom stereocenters. The lowest BCUT2D eigenvalue weighted by Crippen LogP contribution is -2.14. The number of primary amides is 1. The van der Waals surface area contributed by atoms with Gasteiger partial charge >= 0.3 is 0 Å². The predicted octanol–water partition coefficient (Wildman–Crippen LogP) is 2.53. The smallest absolute Gasteiger partial charge is 0.288 e. The summed E-state index contributed by atoms with van der Waals surface area (Å²) < 4.78 is 0. The molecule has 0 aliphatic carbocycles. The van der Waals surface area contributed by atoms with E-state index >= 15 is 0 Å². The minimum atomic E-state index is -0.655. The maximum atomic E-state index is 12.1. The summed E-state index contributed by atoms with van der Waals surface area (Å²) in [6.07, 6.45) is 0.109. The standard InChI is InChI=1S/C15H12ClN3O4/c16-12-6-3-10(8-13(12)19(22)23)15(21)18-11-4-1-9(2-5-11)7-14(17)20/h1-6,8H,7H2,(H2,17,20)(H,18,21). The quantitative estimate of drug-likeness (QED) is 0.646. The fourth-order valence-corrected chi connectivity index (χ4v) is 2.09. The van der Waals surface area contributed by atoms with E-state index in [0.29, 0.717) is 5.69 Å². The van der Waals surface area contributed by atoms with Crippen molar-refractivity contribution in [1.82, 2.24) is 0 Å². The molecular weight excluding hydrogens is 322 g/mol. The van der Waals surface area contributed by atoms with E-state index in [9.17, 15) is 19.7 Å². The Hall–Kier alpha value is -2.93. The number of carbonyl (C=O) groups is 2. The van der Waals surface area contributed by atoms with Crippen LogP contribution >= 0.6 is 11.6 Å². The van der Waals surface area contributed by atoms with Crippen molar-refractivity contribution in [2.45, 2.75) is 6.42 Å². The van der Waals surface area contributed by atoms with Crippen molar-refractivity contribution in [1.29, 1.82) is 0 Å². The van der Waals surface area contributed by atoms with Gasteiger partial charge in [-0.2, -0.15) is 0 Å². The van der Waals surface area contributed by atoms with Crippen LogP contribution in [0.15, 0.2) is 42.5 Å². The molecule has 0 heterocycles. The lowest BCUT2D eigenvalue weighted by molar-refractivity contribution is -0.384. The molecule has 0 aromatic heterocycles. The zero-order chi connectivity index (χ0) is 17.0. The fourth-order valence-electron chi connectivity index (χ4n) is 1.90. The lowest BCUT2D eigenvalue weighted by atomic mass is 10.1. The zero-order valence-corrected chi connectivity index (χ0v) is 12.5. The van der Waals surface area contributed by atoms with Crippen molar-refractivity contribution in [3.63, 3.8) is 0 Å². The Kier molecular flexibility index (Phi) is 4.92. The topological polar surface area (TPSA) is 115 Å². The molecule has 0 bridgehead atoms. The summed E-state index contributed by atoms with van der Waals surface area (Å²) in [5, 5.41) is 13.4. The Morgan fingerprint density at radius 2 is 1.83 bits per heavy atom. The monoisotopic (exact) mass is 333 g/mol. The highest BCUT2D eigenvalue weighted by atomic mass is 35.5. The van der Waals surface area contributed by atoms with Gasteiger partial charge in [0.1, 0.15) is 5.02 Å². The number of anilines is 1. The Morgan fingerprint density at radius 1 is 1.17 bits per heavy atom. The summed E-state index contributed by atoms with van der Waals surface area (Å²) >= 11 is 5.70. The third-order valence-corrected chi connectivity index (χ3v) is 3.31. The maximum Gasteiger partial charge on any atom is 0.288 e. The average Bonchev–Trinajstić information content (AvgIpc) is 2.48. The van der Waals surface area contributed by atoms with Gasteiger partial charge in [0.15, 0.2) is 0 Å². The first-order chi connectivity index (χ1) is 10.9. The van der Waals surface area contributed by atoms with Gasteiger partial charge in [0.25, 0.3) is 11.6 Å². The van der Waals surface area contributed by atoms with Gasteiger partial charge in [-0.1, -0.05) is 23.7 Å². The summed E-state index contributed by atoms with van der Waals surface area (Å²) in [6.45, 7) is 0. The molecule has 118 valence electrons. The highest BCUT2D eigenvalue weighted by Gasteiger charge is 2.16. The highest BCUT2D eigenvalue weighted by Crippen LogP contribution is 2.25. The number of hydrogen-bond acceptors (Lipinski definition) is 4. The van der Waals surface area contributed by atoms with Gasteiger partial charge in [0.05, 0.1) is 11.3 Å². The third kappa shape index (κ3) is 4.27. The van der Waals surface area contributed by atoms with Crippen molar-refractivity contribution >= 4 is 34.8 Å². The van der Waals surface area contributed by atoms with Gasteiger partial charge in [-0.15, -0.1) is 0 Å². The molecule has 0 radical (unpaired) electrons. The molecule has 0 saturated carbocycles. The summed E-state index contributed by atoms with van der Waals surface area (Å²) in [7, 11) is 0. The molecule has 0 atom stereocenters. The van der Waals surface area contributed by atoms with Crippen LogP contribution in [-0.4, -0.2) is 16.7 Å². The number of rotatable bonds is 5. The van der Waals surface area contributed by atoms with Crippen LogP contribution in [0.2, 0.25) is 5.02 Å². The fraction of sp³-hybridized carbons (Fsp3) is 0.0667. The maximum absolute atomic E-state index is 12.1. The predicted molar refractivity (Wildman–Crippen MR) is 85.4 cm³/mol. The Bertz CT molecular complexity index is 775. The van der Waals surface area contributed by atoms with E-state index in [-0.39, 0.29) is 22.7 Å². The molecule has 0 saturated heterocycles. The summed E-state index contributed by atoms with van der Waals surface area (Å²) in [5.74, 6) is -0.956. The number of nitro benzene ring substituents is 1. The van der Waals surface area contributed by atoms with Gasteiger partial charge in [-0.3, -0.25) is 19.7 Å². The first-order valence-corrected chi connectivity index (χ1v) is 6.87. The van der Waals surface area contributed by atoms with E-state index in [1.807, 2.05) is 0 Å². The molecule has 2 rings (SSSR count). The number of hydrogen-bond donors (Lipinski definition) is 2. The Labute approximate surface area is 136 Å². The van der Waals surface area contributed by atoms with Crippen LogP contribution in [0.3, 0.4) is 0 Å². The van der Waals surface area contributed by atoms with Gasteiger partial charge < -0.3 is 11.1 Å². The molecule has 0 aliphatic heterocycles. The van der Waals surface area contributed by atoms with Crippen molar-refractivity contribution in [3.8, 4) is 0 Å². The first-order valence-electron chi connectivity index (χ1n) is 6.49. The summed E-state index contributed by atoms with van der Waals surface area (Å²) in [5.41, 5.74) is 6.08. The number of nitrogens with one attached hydrogen (secondary N) is 1. The van der Waals surface area contributed by atoms with E-state index in [2.05, 4.69) is 5.32 Å². The molecule has 8 heteroatoms. The van der Waals surface area contributed by atoms with Gasteiger partial charge in [0, 0.05) is 17.3 Å². The van der Waals surface area contributed by atoms with Crippen molar-refractivity contribution in [2.24, 2.45) is 5.73 Å². The molecule has 23 heavy (non-hydrogen) atoms. The molecule has 3 N–H and O–H groups in total. The van der Waals surface area contributed by atoms with Gasteiger partial charge in [-0.25, -0.2) is 0 Å². The van der Waals surface area contributed by atoms with Gasteiger partial charge in [0.2, 0.25) is 5.91 Å². The minimum absolute atomic E-state index is 0.0395. The minimum Gasteiger partial charge on any atom is -0.369 e. The largest absolute Gasteiger partial charge is 0.369 e. The number of amides is 2. The molecule has 7 nitrogen and oxygen atoms in total. The van der Waals surface area contributed by atoms with Crippen molar-refractivity contribution in [2.75, 3.05) is 5.32 Å². The van der Waals surface area contributed by atoms with Crippen LogP contribution in [0.5, 0.6) is 0 Å². The van der Waals surface area contributed by atoms with E-state index in [1.54, 1.807) is 24.3 Å². The number of nitrogens with two attached hydrogens (primary N) is 1. The molecule has 0 spiro atoms. The highest BCUT2D eigenvalue weighted by molar-refractivity contribution is 6.32. The second kappa shape index (κ2) is 6.89. The number of benzene rings is 2. The molecule has 2 aromatic rings. The van der Waals surface area contributed by atoms with E-state index in [0.717, 1.165) is 11.6 Å². The van der Waals surface area contributed by atoms with Gasteiger partial charge in [-0.05, 0) is 29.8 Å². The van der Waals surface area contributed by atoms with Crippen LogP contribution in [-0.2, 0) is 11.2 Å². The second-order valence-corrected chi connectivity index (χ2v) is 5.12. The normalized spacial score (nSPS) is 10.1. The average molecular weight is 334 g/mol. The molecule has 2 aromatic carbocycles. The Morgan fingerprint density at radius 3 is 2.39 bits per heavy atom. The molecule has 0 fully saturated rings. The molecular formula is C15H12ClN3O4. The number of halogens is 1. The number of nitrogens with zero attached hydrogens (tertiary/aromatic N) is 1. The first kappa shape index (κ1) is 16.4. The summed E-state index contributed by atoms with van der Waals surface area (Å²) in [4.78, 5) is 33.1. The molecule has 0 aliphatic rings. The van der Waals surface area contributed by atoms with Crippen LogP contribution in [0.4, 0.5) is 11.4 Å². The summed E-state index contributed by atoms with van der Waals surface area (Å²) in [6, 6.07) is 10.3. The lowest BCUT2D eigenvalue weighted by Gasteiger charge is -2.06. The number of carbonyl (C=O) groups excluding carboxylic acids is 2. The van der Waals surface area contributed by atoms with Crippen molar-refractivity contribution in [3.05, 3.63) is 68.7 Å². The van der Waals surface area contributed by atoms with Crippen LogP contribution in [0.1, 0.15) is 15.9 Å². The zero-order valence-electron chi connectivity index (χ0n) is 11.8. The van der Waals surface area contributed by atoms with E-state index in [4.69, 9.17) is 17.3 Å². The number of nitro groups is 1. The van der Waals surface area contributed by atoms with E-state index < -0.39 is 16.7 Å². The van der Waals surface area contributed by atoms with Crippen LogP contribution < -0.4 is 11.1 Å². The molecule has 2 amide bonds. The SMILES string of the molecule is NC(=O)Cc1ccc(NC(=O)c2ccc(Cl)c([N+](=O)[O-])c2)cc1. The Balaban J connectivity index is 2.14. The second-order valence-electron chi connectivity index (χ2n) is 4.72. The van der Waals surface area contributed by atoms with Crippen LogP contribution in [0.25, 0.3) is 0 Å².